The first-order valence-corrected chi connectivity index (χ1v) is 20.7. The van der Waals surface area contributed by atoms with Crippen molar-refractivity contribution in [3.8, 4) is 34.5 Å². The Labute approximate surface area is 356 Å². The van der Waals surface area contributed by atoms with Crippen molar-refractivity contribution in [1.82, 2.24) is 0 Å². The van der Waals surface area contributed by atoms with Crippen molar-refractivity contribution in [2.45, 2.75) is 70.3 Å². The number of esters is 2. The average Bonchev–Trinajstić information content (AvgIpc) is 3.22. The van der Waals surface area contributed by atoms with Crippen LogP contribution in [0.25, 0.3) is 6.08 Å². The molecule has 328 valence electrons. The van der Waals surface area contributed by atoms with Crippen LogP contribution in [0.5, 0.6) is 34.5 Å². The van der Waals surface area contributed by atoms with Crippen molar-refractivity contribution in [2.24, 2.45) is 0 Å². The summed E-state index contributed by atoms with van der Waals surface area (Å²) in [6.45, 7) is 3.07. The fraction of sp³-hybridized carbons (Fsp3) is 0.289. The van der Waals surface area contributed by atoms with Gasteiger partial charge >= 0.3 is 27.6 Å². The van der Waals surface area contributed by atoms with Gasteiger partial charge in [0.1, 0.15) is 46.2 Å². The van der Waals surface area contributed by atoms with Gasteiger partial charge in [0.15, 0.2) is 17.9 Å². The minimum absolute atomic E-state index is 0.0499. The zero-order chi connectivity index (χ0) is 44.9. The molecule has 1 unspecified atom stereocenters. The number of halogens is 3. The third-order valence-electron chi connectivity index (χ3n) is 8.99. The molecule has 1 saturated heterocycles. The SMILES string of the molecule is COc1cc(OC(C)=O)cc(O[C@@H](C/C=C/C(=O)CCc2ccc(OC3CCCCO3)cc2)c2ccc(OS(=O)(=O)C(F)(F)F)cc2)c1C(=O)/C=C/c1ccc(OC(C)=O)cc1. The molecule has 1 aliphatic heterocycles. The van der Waals surface area contributed by atoms with Crippen molar-refractivity contribution >= 4 is 39.7 Å². The molecule has 0 amide bonds. The van der Waals surface area contributed by atoms with E-state index < -0.39 is 45.2 Å². The Morgan fingerprint density at radius 3 is 2.05 bits per heavy atom. The first-order chi connectivity index (χ1) is 29.5. The highest BCUT2D eigenvalue weighted by Gasteiger charge is 2.48. The van der Waals surface area contributed by atoms with E-state index in [0.717, 1.165) is 43.9 Å². The second-order valence-electron chi connectivity index (χ2n) is 13.8. The van der Waals surface area contributed by atoms with Gasteiger partial charge in [0.2, 0.25) is 0 Å². The Bertz CT molecular complexity index is 2370. The fourth-order valence-corrected chi connectivity index (χ4v) is 6.50. The molecule has 1 aliphatic rings. The number of methoxy groups -OCH3 is 1. The summed E-state index contributed by atoms with van der Waals surface area (Å²) in [6, 6.07) is 20.7. The number of ketones is 2. The molecule has 0 N–H and O–H groups in total. The molecule has 0 bridgehead atoms. The van der Waals surface area contributed by atoms with Crippen LogP contribution in [0.2, 0.25) is 0 Å². The number of allylic oxidation sites excluding steroid dienone is 2. The number of ether oxygens (including phenoxy) is 6. The molecular weight excluding hydrogens is 838 g/mol. The Kier molecular flexibility index (Phi) is 16.1. The number of aryl methyl sites for hydroxylation is 1. The highest BCUT2D eigenvalue weighted by Crippen LogP contribution is 2.39. The summed E-state index contributed by atoms with van der Waals surface area (Å²) >= 11 is 0. The first-order valence-electron chi connectivity index (χ1n) is 19.2. The Morgan fingerprint density at radius 2 is 1.44 bits per heavy atom. The van der Waals surface area contributed by atoms with E-state index in [1.807, 2.05) is 24.3 Å². The molecule has 0 aliphatic carbocycles. The van der Waals surface area contributed by atoms with E-state index in [1.54, 1.807) is 12.1 Å². The predicted octanol–water partition coefficient (Wildman–Crippen LogP) is 8.84. The summed E-state index contributed by atoms with van der Waals surface area (Å²) in [4.78, 5) is 50.2. The van der Waals surface area contributed by atoms with E-state index in [0.29, 0.717) is 30.1 Å². The molecule has 62 heavy (non-hydrogen) atoms. The van der Waals surface area contributed by atoms with Crippen molar-refractivity contribution in [3.63, 3.8) is 0 Å². The maximum atomic E-state index is 13.9. The van der Waals surface area contributed by atoms with E-state index >= 15 is 0 Å². The third kappa shape index (κ3) is 13.8. The summed E-state index contributed by atoms with van der Waals surface area (Å²) in [5.41, 5.74) is -4.07. The summed E-state index contributed by atoms with van der Waals surface area (Å²) in [5.74, 6) is -2.00. The van der Waals surface area contributed by atoms with E-state index in [1.165, 1.54) is 74.7 Å². The molecule has 1 heterocycles. The predicted molar refractivity (Wildman–Crippen MR) is 219 cm³/mol. The number of benzene rings is 4. The highest BCUT2D eigenvalue weighted by atomic mass is 32.2. The van der Waals surface area contributed by atoms with Crippen LogP contribution in [0, 0.1) is 0 Å². The normalized spacial score (nSPS) is 14.8. The lowest BCUT2D eigenvalue weighted by molar-refractivity contribution is -0.132. The van der Waals surface area contributed by atoms with Crippen molar-refractivity contribution in [3.05, 3.63) is 125 Å². The van der Waals surface area contributed by atoms with Gasteiger partial charge < -0.3 is 32.6 Å². The summed E-state index contributed by atoms with van der Waals surface area (Å²) in [7, 11) is -4.69. The molecule has 1 fully saturated rings. The zero-order valence-electron chi connectivity index (χ0n) is 33.8. The van der Waals surface area contributed by atoms with Crippen LogP contribution in [0.15, 0.2) is 103 Å². The molecule has 4 aromatic carbocycles. The largest absolute Gasteiger partial charge is 0.534 e. The number of alkyl halides is 3. The second kappa shape index (κ2) is 21.4. The van der Waals surface area contributed by atoms with E-state index in [4.69, 9.17) is 28.4 Å². The van der Waals surface area contributed by atoms with E-state index in [9.17, 15) is 40.8 Å². The molecule has 0 aromatic heterocycles. The van der Waals surface area contributed by atoms with Crippen molar-refractivity contribution in [1.29, 1.82) is 0 Å². The minimum Gasteiger partial charge on any atom is -0.496 e. The van der Waals surface area contributed by atoms with Gasteiger partial charge in [0.25, 0.3) is 0 Å². The molecular formula is C45H43F3O13S. The van der Waals surface area contributed by atoms with Gasteiger partial charge in [0.05, 0.1) is 13.7 Å². The maximum Gasteiger partial charge on any atom is 0.534 e. The van der Waals surface area contributed by atoms with Crippen LogP contribution >= 0.6 is 0 Å². The molecule has 0 radical (unpaired) electrons. The van der Waals surface area contributed by atoms with Gasteiger partial charge in [-0.1, -0.05) is 48.6 Å². The van der Waals surface area contributed by atoms with Gasteiger partial charge in [-0.2, -0.15) is 21.6 Å². The lowest BCUT2D eigenvalue weighted by Crippen LogP contribution is -2.28. The highest BCUT2D eigenvalue weighted by molar-refractivity contribution is 7.88. The topological polar surface area (TPSA) is 167 Å². The number of carbonyl (C=O) groups is 4. The number of carbonyl (C=O) groups excluding carboxylic acids is 4. The first kappa shape index (κ1) is 46.6. The zero-order valence-corrected chi connectivity index (χ0v) is 34.7. The van der Waals surface area contributed by atoms with Crippen LogP contribution in [-0.2, 0) is 35.7 Å². The van der Waals surface area contributed by atoms with Gasteiger partial charge in [-0.15, -0.1) is 0 Å². The standard InChI is InChI=1S/C45H43F3O13S/c1-29(49)57-35-19-11-32(12-20-35)15-25-39(52)44-41(55-3)27-38(58-30(2)50)28-42(44)60-40(33-16-23-37(24-17-33)61-62(53,54)45(46,47)48)8-6-7-34(51)18-10-31-13-21-36(22-14-31)59-43-9-4-5-26-56-43/h6-7,11-17,19-25,27-28,40,43H,4-5,8-10,18,26H2,1-3H3/b7-6+,25-15+/t40-,43?/m0/s1. The molecule has 13 nitrogen and oxygen atoms in total. The van der Waals surface area contributed by atoms with Crippen molar-refractivity contribution < 1.29 is 73.4 Å². The van der Waals surface area contributed by atoms with Gasteiger partial charge in [0, 0.05) is 45.2 Å². The van der Waals surface area contributed by atoms with Crippen LogP contribution < -0.4 is 27.9 Å². The smallest absolute Gasteiger partial charge is 0.496 e. The van der Waals surface area contributed by atoms with Gasteiger partial charge in [-0.3, -0.25) is 19.2 Å². The quantitative estimate of drug-likeness (QED) is 0.0219. The van der Waals surface area contributed by atoms with E-state index in [2.05, 4.69) is 4.18 Å². The molecule has 2 atom stereocenters. The minimum atomic E-state index is -5.97. The number of rotatable bonds is 19. The second-order valence-corrected chi connectivity index (χ2v) is 15.3. The number of hydrogen-bond donors (Lipinski definition) is 0. The molecule has 4 aromatic rings. The van der Waals surface area contributed by atoms with E-state index in [-0.39, 0.29) is 53.3 Å². The summed E-state index contributed by atoms with van der Waals surface area (Å²) < 4.78 is 100. The van der Waals surface area contributed by atoms with Crippen LogP contribution in [0.4, 0.5) is 13.2 Å². The maximum absolute atomic E-state index is 13.9. The molecule has 0 spiro atoms. The monoisotopic (exact) mass is 880 g/mol. The molecule has 17 heteroatoms. The fourth-order valence-electron chi connectivity index (χ4n) is 6.04. The Hall–Kier alpha value is -6.46. The van der Waals surface area contributed by atoms with Crippen LogP contribution in [0.1, 0.15) is 79.1 Å². The van der Waals surface area contributed by atoms with Gasteiger partial charge in [-0.25, -0.2) is 0 Å². The van der Waals surface area contributed by atoms with Gasteiger partial charge in [-0.05, 0) is 84.5 Å². The van der Waals surface area contributed by atoms with Crippen LogP contribution in [0.3, 0.4) is 0 Å². The Balaban J connectivity index is 1.40. The lowest BCUT2D eigenvalue weighted by Gasteiger charge is -2.23. The Morgan fingerprint density at radius 1 is 0.806 bits per heavy atom. The van der Waals surface area contributed by atoms with Crippen LogP contribution in [-0.4, -0.2) is 57.4 Å². The molecule has 5 rings (SSSR count). The average molecular weight is 881 g/mol. The lowest BCUT2D eigenvalue weighted by atomic mass is 10.0. The summed E-state index contributed by atoms with van der Waals surface area (Å²) in [6.07, 6.45) is 7.54. The molecule has 0 saturated carbocycles. The van der Waals surface area contributed by atoms with Crippen molar-refractivity contribution in [2.75, 3.05) is 13.7 Å². The number of hydrogen-bond acceptors (Lipinski definition) is 13. The third-order valence-corrected chi connectivity index (χ3v) is 9.97. The summed E-state index contributed by atoms with van der Waals surface area (Å²) in [5, 5.41) is 0.